The molecule has 0 bridgehead atoms. The van der Waals surface area contributed by atoms with E-state index in [1.165, 1.54) is 16.3 Å². The highest BCUT2D eigenvalue weighted by atomic mass is 79.9. The van der Waals surface area contributed by atoms with Crippen LogP contribution in [0.15, 0.2) is 14.4 Å². The van der Waals surface area contributed by atoms with Crippen LogP contribution in [0.25, 0.3) is 0 Å². The summed E-state index contributed by atoms with van der Waals surface area (Å²) in [6.45, 7) is 5.75. The normalized spacial score (nSPS) is 12.2. The van der Waals surface area contributed by atoms with Gasteiger partial charge in [-0.15, -0.1) is 11.3 Å². The van der Waals surface area contributed by atoms with Crippen LogP contribution in [0.1, 0.15) is 40.7 Å². The Labute approximate surface area is 174 Å². The van der Waals surface area contributed by atoms with Crippen LogP contribution < -0.4 is 11.3 Å². The number of carbonyl (C=O) groups excluding carboxylic acids is 1. The first-order valence-electron chi connectivity index (χ1n) is 8.46. The quantitative estimate of drug-likeness (QED) is 0.356. The highest BCUT2D eigenvalue weighted by molar-refractivity contribution is 9.10. The maximum absolute atomic E-state index is 12.7. The van der Waals surface area contributed by atoms with Crippen LogP contribution in [0.5, 0.6) is 0 Å². The van der Waals surface area contributed by atoms with E-state index in [0.717, 1.165) is 15.6 Å². The number of esters is 1. The molecule has 2 rings (SSSR count). The summed E-state index contributed by atoms with van der Waals surface area (Å²) in [5.41, 5.74) is 7.62. The summed E-state index contributed by atoms with van der Waals surface area (Å²) in [7, 11) is 0. The van der Waals surface area contributed by atoms with Gasteiger partial charge >= 0.3 is 5.97 Å². The lowest BCUT2D eigenvalue weighted by molar-refractivity contribution is -0.144. The molecule has 2 N–H and O–H groups in total. The Hall–Kier alpha value is -1.23. The van der Waals surface area contributed by atoms with E-state index in [2.05, 4.69) is 25.9 Å². The van der Waals surface area contributed by atoms with Gasteiger partial charge in [0, 0.05) is 10.9 Å². The van der Waals surface area contributed by atoms with E-state index in [4.69, 9.17) is 10.5 Å². The second kappa shape index (κ2) is 9.81. The number of thiazole rings is 1. The molecule has 0 saturated carbocycles. The standard InChI is InChI=1S/C17H23BrN4O3S2/c1-5-25-13(23)8-22-16(24)14(18)12(21-17(22)26-4)7-6-11(19)15-9(2)20-10(3)27-15/h11H,5-8,19H2,1-4H3/t11-/m0/s1. The molecule has 0 aliphatic carbocycles. The van der Waals surface area contributed by atoms with Crippen molar-refractivity contribution >= 4 is 45.0 Å². The maximum atomic E-state index is 12.7. The Morgan fingerprint density at radius 1 is 1.41 bits per heavy atom. The molecule has 2 aromatic heterocycles. The summed E-state index contributed by atoms with van der Waals surface area (Å²) >= 11 is 6.25. The van der Waals surface area contributed by atoms with E-state index in [-0.39, 0.29) is 24.8 Å². The van der Waals surface area contributed by atoms with Crippen molar-refractivity contribution in [2.75, 3.05) is 12.9 Å². The molecule has 0 aliphatic rings. The minimum atomic E-state index is -0.464. The number of nitrogens with zero attached hydrogens (tertiary/aromatic N) is 3. The zero-order chi connectivity index (χ0) is 20.1. The molecule has 0 fully saturated rings. The number of hydrogen-bond donors (Lipinski definition) is 1. The Morgan fingerprint density at radius 3 is 2.67 bits per heavy atom. The van der Waals surface area contributed by atoms with Gasteiger partial charge < -0.3 is 10.5 Å². The first kappa shape index (κ1) is 22.1. The number of rotatable bonds is 8. The van der Waals surface area contributed by atoms with Crippen molar-refractivity contribution in [3.8, 4) is 0 Å². The Bertz CT molecular complexity index is 882. The van der Waals surface area contributed by atoms with Crippen molar-refractivity contribution in [1.29, 1.82) is 0 Å². The smallest absolute Gasteiger partial charge is 0.326 e. The van der Waals surface area contributed by atoms with Crippen LogP contribution in [0, 0.1) is 13.8 Å². The first-order valence-corrected chi connectivity index (χ1v) is 11.3. The SMILES string of the molecule is CCOC(=O)Cn1c(SC)nc(CC[C@H](N)c2sc(C)nc2C)c(Br)c1=O. The number of carbonyl (C=O) groups is 1. The minimum Gasteiger partial charge on any atom is -0.465 e. The summed E-state index contributed by atoms with van der Waals surface area (Å²) in [6.07, 6.45) is 3.00. The van der Waals surface area contributed by atoms with E-state index >= 15 is 0 Å². The molecule has 0 amide bonds. The largest absolute Gasteiger partial charge is 0.465 e. The number of aryl methyl sites for hydroxylation is 3. The molecule has 2 aromatic rings. The molecule has 148 valence electrons. The predicted molar refractivity (Wildman–Crippen MR) is 111 cm³/mol. The molecule has 0 aromatic carbocycles. The van der Waals surface area contributed by atoms with Crippen LogP contribution >= 0.6 is 39.0 Å². The Morgan fingerprint density at radius 2 is 2.11 bits per heavy atom. The topological polar surface area (TPSA) is 100 Å². The summed E-state index contributed by atoms with van der Waals surface area (Å²) in [5, 5.41) is 1.47. The van der Waals surface area contributed by atoms with E-state index in [9.17, 15) is 9.59 Å². The summed E-state index contributed by atoms with van der Waals surface area (Å²) in [5.74, 6) is -0.464. The number of nitrogens with two attached hydrogens (primary N) is 1. The molecule has 10 heteroatoms. The van der Waals surface area contributed by atoms with Crippen molar-refractivity contribution in [2.45, 2.75) is 51.4 Å². The average Bonchev–Trinajstić information content (AvgIpc) is 2.96. The van der Waals surface area contributed by atoms with Gasteiger partial charge in [-0.3, -0.25) is 14.2 Å². The van der Waals surface area contributed by atoms with Gasteiger partial charge in [0.1, 0.15) is 11.0 Å². The molecule has 27 heavy (non-hydrogen) atoms. The van der Waals surface area contributed by atoms with Gasteiger partial charge in [-0.1, -0.05) is 11.8 Å². The van der Waals surface area contributed by atoms with E-state index in [1.54, 1.807) is 18.3 Å². The zero-order valence-electron chi connectivity index (χ0n) is 15.7. The van der Waals surface area contributed by atoms with Gasteiger partial charge in [0.2, 0.25) is 0 Å². The van der Waals surface area contributed by atoms with Gasteiger partial charge in [0.15, 0.2) is 5.16 Å². The fraction of sp³-hybridized carbons (Fsp3) is 0.529. The Kier molecular flexibility index (Phi) is 8.02. The second-order valence-electron chi connectivity index (χ2n) is 5.88. The number of aromatic nitrogens is 3. The zero-order valence-corrected chi connectivity index (χ0v) is 19.0. The highest BCUT2D eigenvalue weighted by Gasteiger charge is 2.19. The van der Waals surface area contributed by atoms with Crippen LogP contribution in [-0.2, 0) is 22.5 Å². The number of thioether (sulfide) groups is 1. The van der Waals surface area contributed by atoms with Crippen molar-refractivity contribution in [3.05, 3.63) is 36.1 Å². The summed E-state index contributed by atoms with van der Waals surface area (Å²) in [6, 6.07) is -0.162. The van der Waals surface area contributed by atoms with Gasteiger partial charge in [-0.2, -0.15) is 0 Å². The van der Waals surface area contributed by atoms with Crippen LogP contribution in [0.4, 0.5) is 0 Å². The number of ether oxygens (including phenoxy) is 1. The third kappa shape index (κ3) is 5.40. The lowest BCUT2D eigenvalue weighted by Gasteiger charge is -2.14. The lowest BCUT2D eigenvalue weighted by Crippen LogP contribution is -2.29. The van der Waals surface area contributed by atoms with Crippen molar-refractivity contribution in [1.82, 2.24) is 14.5 Å². The lowest BCUT2D eigenvalue weighted by atomic mass is 10.1. The van der Waals surface area contributed by atoms with E-state index in [0.29, 0.717) is 28.2 Å². The fourth-order valence-electron chi connectivity index (χ4n) is 2.66. The molecule has 7 nitrogen and oxygen atoms in total. The van der Waals surface area contributed by atoms with Gasteiger partial charge in [0.05, 0.1) is 23.0 Å². The monoisotopic (exact) mass is 474 g/mol. The molecular formula is C17H23BrN4O3S2. The number of halogens is 1. The Balaban J connectivity index is 2.22. The van der Waals surface area contributed by atoms with Crippen LogP contribution in [0.3, 0.4) is 0 Å². The highest BCUT2D eigenvalue weighted by Crippen LogP contribution is 2.27. The van der Waals surface area contributed by atoms with E-state index in [1.807, 2.05) is 20.1 Å². The molecule has 2 heterocycles. The van der Waals surface area contributed by atoms with Crippen molar-refractivity contribution < 1.29 is 9.53 Å². The second-order valence-corrected chi connectivity index (χ2v) is 8.68. The molecule has 0 saturated heterocycles. The van der Waals surface area contributed by atoms with Crippen molar-refractivity contribution in [2.24, 2.45) is 5.73 Å². The third-order valence-electron chi connectivity index (χ3n) is 3.89. The molecule has 1 atom stereocenters. The molecule has 0 unspecified atom stereocenters. The van der Waals surface area contributed by atoms with Crippen LogP contribution in [-0.4, -0.2) is 33.4 Å². The minimum absolute atomic E-state index is 0.159. The first-order chi connectivity index (χ1) is 12.8. The molecule has 0 radical (unpaired) electrons. The summed E-state index contributed by atoms with van der Waals surface area (Å²) in [4.78, 5) is 34.5. The van der Waals surface area contributed by atoms with Gasteiger partial charge in [0.25, 0.3) is 5.56 Å². The maximum Gasteiger partial charge on any atom is 0.326 e. The van der Waals surface area contributed by atoms with Gasteiger partial charge in [-0.05, 0) is 55.8 Å². The van der Waals surface area contributed by atoms with E-state index < -0.39 is 5.97 Å². The molecular weight excluding hydrogens is 452 g/mol. The average molecular weight is 475 g/mol. The fourth-order valence-corrected chi connectivity index (χ4v) is 4.70. The number of hydrogen-bond acceptors (Lipinski definition) is 8. The summed E-state index contributed by atoms with van der Waals surface area (Å²) < 4.78 is 6.62. The third-order valence-corrected chi connectivity index (χ3v) is 6.57. The van der Waals surface area contributed by atoms with Crippen LogP contribution in [0.2, 0.25) is 0 Å². The van der Waals surface area contributed by atoms with Crippen molar-refractivity contribution in [3.63, 3.8) is 0 Å². The predicted octanol–water partition coefficient (Wildman–Crippen LogP) is 3.00. The van der Waals surface area contributed by atoms with Gasteiger partial charge in [-0.25, -0.2) is 9.97 Å². The molecule has 0 spiro atoms. The molecule has 0 aliphatic heterocycles.